The topological polar surface area (TPSA) is 28.4 Å². The molecule has 114 valence electrons. The standard InChI is InChI=1S/C18H26N2O/c1-4-19-13-18-15(2)12-17(21-18)14-20(3)11-10-16-8-6-5-7-9-16/h5-9,12,19H,4,10-11,13-14H2,1-3H3. The fourth-order valence-corrected chi connectivity index (χ4v) is 2.39. The largest absolute Gasteiger partial charge is 0.463 e. The van der Waals surface area contributed by atoms with Crippen molar-refractivity contribution in [3.8, 4) is 0 Å². The third-order valence-electron chi connectivity index (χ3n) is 3.66. The van der Waals surface area contributed by atoms with Gasteiger partial charge in [0.2, 0.25) is 0 Å². The first-order valence-electron chi connectivity index (χ1n) is 7.70. The summed E-state index contributed by atoms with van der Waals surface area (Å²) < 4.78 is 5.94. The van der Waals surface area contributed by atoms with Crippen LogP contribution in [0.25, 0.3) is 0 Å². The van der Waals surface area contributed by atoms with Crippen molar-refractivity contribution >= 4 is 0 Å². The number of aryl methyl sites for hydroxylation is 1. The van der Waals surface area contributed by atoms with Crippen LogP contribution in [0.15, 0.2) is 40.8 Å². The maximum atomic E-state index is 5.94. The molecule has 0 saturated carbocycles. The monoisotopic (exact) mass is 286 g/mol. The highest BCUT2D eigenvalue weighted by molar-refractivity contribution is 5.20. The Morgan fingerprint density at radius 3 is 2.67 bits per heavy atom. The molecule has 0 fully saturated rings. The van der Waals surface area contributed by atoms with Crippen molar-refractivity contribution in [2.24, 2.45) is 0 Å². The van der Waals surface area contributed by atoms with Gasteiger partial charge in [0.15, 0.2) is 0 Å². The van der Waals surface area contributed by atoms with Gasteiger partial charge in [0.1, 0.15) is 11.5 Å². The van der Waals surface area contributed by atoms with Crippen LogP contribution in [0.5, 0.6) is 0 Å². The van der Waals surface area contributed by atoms with E-state index in [4.69, 9.17) is 4.42 Å². The smallest absolute Gasteiger partial charge is 0.120 e. The van der Waals surface area contributed by atoms with Gasteiger partial charge in [0, 0.05) is 6.54 Å². The van der Waals surface area contributed by atoms with Crippen LogP contribution in [-0.2, 0) is 19.5 Å². The van der Waals surface area contributed by atoms with Crippen LogP contribution >= 0.6 is 0 Å². The van der Waals surface area contributed by atoms with Gasteiger partial charge in [-0.3, -0.25) is 4.90 Å². The molecule has 0 aliphatic carbocycles. The summed E-state index contributed by atoms with van der Waals surface area (Å²) in [5, 5.41) is 3.31. The van der Waals surface area contributed by atoms with Gasteiger partial charge in [-0.2, -0.15) is 0 Å². The Hall–Kier alpha value is -1.58. The Kier molecular flexibility index (Phi) is 6.03. The minimum absolute atomic E-state index is 0.816. The Morgan fingerprint density at radius 2 is 1.95 bits per heavy atom. The van der Waals surface area contributed by atoms with Gasteiger partial charge < -0.3 is 9.73 Å². The summed E-state index contributed by atoms with van der Waals surface area (Å²) in [6.45, 7) is 7.90. The molecule has 0 radical (unpaired) electrons. The Balaban J connectivity index is 1.83. The fourth-order valence-electron chi connectivity index (χ4n) is 2.39. The van der Waals surface area contributed by atoms with Gasteiger partial charge in [-0.05, 0) is 44.1 Å². The molecular weight excluding hydrogens is 260 g/mol. The molecule has 1 heterocycles. The van der Waals surface area contributed by atoms with Crippen molar-refractivity contribution in [2.45, 2.75) is 33.4 Å². The van der Waals surface area contributed by atoms with Gasteiger partial charge in [0.25, 0.3) is 0 Å². The summed E-state index contributed by atoms with van der Waals surface area (Å²) in [4.78, 5) is 2.31. The molecule has 2 rings (SSSR count). The Bertz CT molecular complexity index is 533. The van der Waals surface area contributed by atoms with Crippen molar-refractivity contribution in [3.63, 3.8) is 0 Å². The Morgan fingerprint density at radius 1 is 1.19 bits per heavy atom. The lowest BCUT2D eigenvalue weighted by Gasteiger charge is -2.14. The highest BCUT2D eigenvalue weighted by Gasteiger charge is 2.09. The molecule has 0 bridgehead atoms. The second-order valence-corrected chi connectivity index (χ2v) is 5.57. The van der Waals surface area contributed by atoms with E-state index in [0.29, 0.717) is 0 Å². The van der Waals surface area contributed by atoms with E-state index in [2.05, 4.69) is 67.5 Å². The molecule has 21 heavy (non-hydrogen) atoms. The third-order valence-corrected chi connectivity index (χ3v) is 3.66. The van der Waals surface area contributed by atoms with E-state index in [1.54, 1.807) is 0 Å². The number of hydrogen-bond acceptors (Lipinski definition) is 3. The summed E-state index contributed by atoms with van der Waals surface area (Å²) in [5.74, 6) is 2.11. The average Bonchev–Trinajstić information content (AvgIpc) is 2.84. The maximum Gasteiger partial charge on any atom is 0.120 e. The van der Waals surface area contributed by atoms with Crippen molar-refractivity contribution in [3.05, 3.63) is 59.0 Å². The van der Waals surface area contributed by atoms with Gasteiger partial charge in [-0.25, -0.2) is 0 Å². The minimum atomic E-state index is 0.816. The van der Waals surface area contributed by atoms with E-state index in [1.807, 2.05) is 0 Å². The first-order chi connectivity index (χ1) is 10.2. The minimum Gasteiger partial charge on any atom is -0.463 e. The quantitative estimate of drug-likeness (QED) is 0.806. The number of likely N-dealkylation sites (N-methyl/N-ethyl adjacent to an activating group) is 1. The van der Waals surface area contributed by atoms with Crippen LogP contribution in [0.4, 0.5) is 0 Å². The van der Waals surface area contributed by atoms with Crippen LogP contribution in [0.3, 0.4) is 0 Å². The zero-order valence-corrected chi connectivity index (χ0v) is 13.4. The van der Waals surface area contributed by atoms with E-state index in [0.717, 1.165) is 44.1 Å². The van der Waals surface area contributed by atoms with Crippen molar-refractivity contribution in [1.82, 2.24) is 10.2 Å². The Labute approximate surface area is 128 Å². The second kappa shape index (κ2) is 8.01. The molecule has 3 heteroatoms. The molecule has 0 amide bonds. The zero-order chi connectivity index (χ0) is 15.1. The summed E-state index contributed by atoms with van der Waals surface area (Å²) in [7, 11) is 2.14. The summed E-state index contributed by atoms with van der Waals surface area (Å²) in [5.41, 5.74) is 2.62. The SMILES string of the molecule is CCNCc1oc(CN(C)CCc2ccccc2)cc1C. The molecular formula is C18H26N2O. The van der Waals surface area contributed by atoms with Crippen LogP contribution in [-0.4, -0.2) is 25.0 Å². The zero-order valence-electron chi connectivity index (χ0n) is 13.4. The van der Waals surface area contributed by atoms with E-state index in [-0.39, 0.29) is 0 Å². The van der Waals surface area contributed by atoms with E-state index < -0.39 is 0 Å². The molecule has 0 saturated heterocycles. The molecule has 0 unspecified atom stereocenters. The van der Waals surface area contributed by atoms with Crippen LogP contribution in [0, 0.1) is 6.92 Å². The van der Waals surface area contributed by atoms with Crippen molar-refractivity contribution in [2.75, 3.05) is 20.1 Å². The average molecular weight is 286 g/mol. The first-order valence-corrected chi connectivity index (χ1v) is 7.70. The summed E-state index contributed by atoms with van der Waals surface area (Å²) in [6.07, 6.45) is 1.07. The van der Waals surface area contributed by atoms with Crippen LogP contribution in [0.2, 0.25) is 0 Å². The van der Waals surface area contributed by atoms with E-state index in [1.165, 1.54) is 11.1 Å². The number of rotatable bonds is 8. The fraction of sp³-hybridized carbons (Fsp3) is 0.444. The number of hydrogen-bond donors (Lipinski definition) is 1. The number of furan rings is 1. The van der Waals surface area contributed by atoms with Gasteiger partial charge in [0.05, 0.1) is 13.1 Å². The molecule has 2 aromatic rings. The molecule has 0 aliphatic rings. The number of benzene rings is 1. The molecule has 0 spiro atoms. The predicted molar refractivity (Wildman–Crippen MR) is 87.3 cm³/mol. The molecule has 0 aliphatic heterocycles. The maximum absolute atomic E-state index is 5.94. The molecule has 1 aromatic carbocycles. The summed E-state index contributed by atoms with van der Waals surface area (Å²) in [6, 6.07) is 12.8. The van der Waals surface area contributed by atoms with E-state index >= 15 is 0 Å². The van der Waals surface area contributed by atoms with Crippen LogP contribution in [0.1, 0.15) is 29.6 Å². The molecule has 0 atom stereocenters. The van der Waals surface area contributed by atoms with Crippen LogP contribution < -0.4 is 5.32 Å². The van der Waals surface area contributed by atoms with Gasteiger partial charge in [-0.1, -0.05) is 37.3 Å². The second-order valence-electron chi connectivity index (χ2n) is 5.57. The first kappa shape index (κ1) is 15.8. The molecule has 1 N–H and O–H groups in total. The molecule has 1 aromatic heterocycles. The highest BCUT2D eigenvalue weighted by Crippen LogP contribution is 2.16. The normalized spacial score (nSPS) is 11.2. The lowest BCUT2D eigenvalue weighted by molar-refractivity contribution is 0.292. The highest BCUT2D eigenvalue weighted by atomic mass is 16.3. The van der Waals surface area contributed by atoms with Gasteiger partial charge >= 0.3 is 0 Å². The van der Waals surface area contributed by atoms with Crippen molar-refractivity contribution in [1.29, 1.82) is 0 Å². The lowest BCUT2D eigenvalue weighted by Crippen LogP contribution is -2.20. The lowest BCUT2D eigenvalue weighted by atomic mass is 10.1. The molecule has 3 nitrogen and oxygen atoms in total. The summed E-state index contributed by atoms with van der Waals surface area (Å²) >= 11 is 0. The third kappa shape index (κ3) is 5.03. The van der Waals surface area contributed by atoms with Gasteiger partial charge in [-0.15, -0.1) is 0 Å². The number of nitrogens with one attached hydrogen (secondary N) is 1. The predicted octanol–water partition coefficient (Wildman–Crippen LogP) is 3.37. The van der Waals surface area contributed by atoms with E-state index in [9.17, 15) is 0 Å². The van der Waals surface area contributed by atoms with Crippen molar-refractivity contribution < 1.29 is 4.42 Å². The number of nitrogens with zero attached hydrogens (tertiary/aromatic N) is 1.